The molecule has 0 radical (unpaired) electrons. The second kappa shape index (κ2) is 6.71. The van der Waals surface area contributed by atoms with Crippen molar-refractivity contribution < 1.29 is 13.2 Å². The molecule has 0 bridgehead atoms. The van der Waals surface area contributed by atoms with Gasteiger partial charge in [0, 0.05) is 12.6 Å². The lowest BCUT2D eigenvalue weighted by molar-refractivity contribution is 0.126. The predicted octanol–water partition coefficient (Wildman–Crippen LogP) is 1.36. The average molecular weight is 263 g/mol. The first-order valence-corrected chi connectivity index (χ1v) is 8.25. The maximum atomic E-state index is 12.1. The Bertz CT molecular complexity index is 316. The Hall–Kier alpha value is -0.130. The number of nitrogens with one attached hydrogen (secondary N) is 1. The van der Waals surface area contributed by atoms with E-state index in [1.54, 1.807) is 0 Å². The summed E-state index contributed by atoms with van der Waals surface area (Å²) in [4.78, 5) is 0. The highest BCUT2D eigenvalue weighted by Crippen LogP contribution is 2.22. The first-order valence-electron chi connectivity index (χ1n) is 6.54. The molecule has 17 heavy (non-hydrogen) atoms. The molecule has 0 aliphatic carbocycles. The zero-order valence-electron chi connectivity index (χ0n) is 11.1. The van der Waals surface area contributed by atoms with Crippen molar-refractivity contribution in [3.05, 3.63) is 0 Å². The summed E-state index contributed by atoms with van der Waals surface area (Å²) in [6.45, 7) is 7.53. The van der Waals surface area contributed by atoms with Crippen molar-refractivity contribution >= 4 is 9.84 Å². The van der Waals surface area contributed by atoms with Crippen LogP contribution in [0.4, 0.5) is 0 Å². The van der Waals surface area contributed by atoms with Crippen molar-refractivity contribution in [2.45, 2.75) is 57.4 Å². The number of hydrogen-bond acceptors (Lipinski definition) is 4. The van der Waals surface area contributed by atoms with Gasteiger partial charge in [0.2, 0.25) is 0 Å². The molecule has 1 rings (SSSR count). The molecule has 1 saturated heterocycles. The van der Waals surface area contributed by atoms with E-state index in [1.165, 1.54) is 0 Å². The maximum absolute atomic E-state index is 12.1. The number of rotatable bonds is 7. The van der Waals surface area contributed by atoms with E-state index in [0.717, 1.165) is 19.4 Å². The monoisotopic (exact) mass is 263 g/mol. The predicted molar refractivity (Wildman–Crippen MR) is 70.0 cm³/mol. The molecule has 3 atom stereocenters. The molecule has 0 saturated carbocycles. The zero-order valence-corrected chi connectivity index (χ0v) is 11.9. The Kier molecular flexibility index (Phi) is 5.89. The van der Waals surface area contributed by atoms with Gasteiger partial charge in [0.05, 0.1) is 17.1 Å². The fourth-order valence-electron chi connectivity index (χ4n) is 2.38. The Morgan fingerprint density at radius 2 is 2.18 bits per heavy atom. The van der Waals surface area contributed by atoms with E-state index in [0.29, 0.717) is 24.8 Å². The van der Waals surface area contributed by atoms with Crippen LogP contribution in [0, 0.1) is 0 Å². The van der Waals surface area contributed by atoms with Crippen LogP contribution in [0.15, 0.2) is 0 Å². The summed E-state index contributed by atoms with van der Waals surface area (Å²) >= 11 is 0. The number of ether oxygens (including phenoxy) is 1. The molecular weight excluding hydrogens is 238 g/mol. The third-order valence-corrected chi connectivity index (χ3v) is 5.79. The largest absolute Gasteiger partial charge is 0.377 e. The molecular formula is C12H25NO3S. The van der Waals surface area contributed by atoms with Crippen LogP contribution >= 0.6 is 0 Å². The molecule has 1 heterocycles. The third kappa shape index (κ3) is 4.56. The molecule has 1 aliphatic heterocycles. The molecule has 4 nitrogen and oxygen atoms in total. The first-order chi connectivity index (χ1) is 7.97. The van der Waals surface area contributed by atoms with Crippen LogP contribution in [0.1, 0.15) is 40.0 Å². The average Bonchev–Trinajstić information content (AvgIpc) is 2.65. The van der Waals surface area contributed by atoms with Gasteiger partial charge in [0.25, 0.3) is 0 Å². The van der Waals surface area contributed by atoms with Crippen molar-refractivity contribution in [2.75, 3.05) is 18.9 Å². The molecule has 102 valence electrons. The smallest absolute Gasteiger partial charge is 0.155 e. The van der Waals surface area contributed by atoms with Gasteiger partial charge in [-0.3, -0.25) is 0 Å². The van der Waals surface area contributed by atoms with Gasteiger partial charge in [-0.15, -0.1) is 0 Å². The van der Waals surface area contributed by atoms with E-state index in [4.69, 9.17) is 4.74 Å². The van der Waals surface area contributed by atoms with Gasteiger partial charge < -0.3 is 10.1 Å². The maximum Gasteiger partial charge on any atom is 0.155 e. The third-order valence-electron chi connectivity index (χ3n) is 3.39. The summed E-state index contributed by atoms with van der Waals surface area (Å²) in [5, 5.41) is 3.01. The Morgan fingerprint density at radius 3 is 2.71 bits per heavy atom. The van der Waals surface area contributed by atoms with Crippen LogP contribution in [0.3, 0.4) is 0 Å². The lowest BCUT2D eigenvalue weighted by atomic mass is 10.2. The van der Waals surface area contributed by atoms with Crippen LogP contribution in [0.25, 0.3) is 0 Å². The second-order valence-corrected chi connectivity index (χ2v) is 7.21. The standard InChI is InChI=1S/C12H25NO3S/c1-4-13-10(2)6-5-9-17(14,15)12-7-8-16-11(12)3/h10-13H,4-9H2,1-3H3. The van der Waals surface area contributed by atoms with Crippen LogP contribution in [0.5, 0.6) is 0 Å². The highest BCUT2D eigenvalue weighted by molar-refractivity contribution is 7.92. The summed E-state index contributed by atoms with van der Waals surface area (Å²) in [6, 6.07) is 0.396. The summed E-state index contributed by atoms with van der Waals surface area (Å²) < 4.78 is 29.5. The molecule has 0 aromatic carbocycles. The van der Waals surface area contributed by atoms with Gasteiger partial charge >= 0.3 is 0 Å². The van der Waals surface area contributed by atoms with E-state index in [2.05, 4.69) is 19.2 Å². The van der Waals surface area contributed by atoms with Crippen molar-refractivity contribution in [3.8, 4) is 0 Å². The molecule has 1 aliphatic rings. The van der Waals surface area contributed by atoms with Gasteiger partial charge in [-0.25, -0.2) is 8.42 Å². The van der Waals surface area contributed by atoms with E-state index in [1.807, 2.05) is 6.92 Å². The summed E-state index contributed by atoms with van der Waals surface area (Å²) in [7, 11) is -2.97. The quantitative estimate of drug-likeness (QED) is 0.753. The lowest BCUT2D eigenvalue weighted by Gasteiger charge is -2.16. The molecule has 0 aromatic rings. The van der Waals surface area contributed by atoms with E-state index >= 15 is 0 Å². The number of sulfone groups is 1. The Morgan fingerprint density at radius 1 is 1.47 bits per heavy atom. The molecule has 5 heteroatoms. The van der Waals surface area contributed by atoms with Gasteiger partial charge in [0.15, 0.2) is 9.84 Å². The minimum Gasteiger partial charge on any atom is -0.377 e. The van der Waals surface area contributed by atoms with Crippen LogP contribution in [-0.4, -0.2) is 44.7 Å². The molecule has 1 N–H and O–H groups in total. The SMILES string of the molecule is CCNC(C)CCCS(=O)(=O)C1CCOC1C. The molecule has 1 fully saturated rings. The van der Waals surface area contributed by atoms with Crippen LogP contribution in [-0.2, 0) is 14.6 Å². The summed E-state index contributed by atoms with van der Waals surface area (Å²) in [5.41, 5.74) is 0. The summed E-state index contributed by atoms with van der Waals surface area (Å²) in [5.74, 6) is 0.293. The first kappa shape index (κ1) is 14.9. The van der Waals surface area contributed by atoms with E-state index < -0.39 is 9.84 Å². The highest BCUT2D eigenvalue weighted by Gasteiger charge is 2.35. The highest BCUT2D eigenvalue weighted by atomic mass is 32.2. The summed E-state index contributed by atoms with van der Waals surface area (Å²) in [6.07, 6.45) is 2.17. The fraction of sp³-hybridized carbons (Fsp3) is 1.00. The fourth-order valence-corrected chi connectivity index (χ4v) is 4.37. The molecule has 0 spiro atoms. The topological polar surface area (TPSA) is 55.4 Å². The zero-order chi connectivity index (χ0) is 12.9. The Labute approximate surface area is 105 Å². The second-order valence-electron chi connectivity index (χ2n) is 4.87. The molecule has 0 amide bonds. The minimum absolute atomic E-state index is 0.133. The van der Waals surface area contributed by atoms with E-state index in [-0.39, 0.29) is 11.4 Å². The van der Waals surface area contributed by atoms with Gasteiger partial charge in [0.1, 0.15) is 0 Å². The van der Waals surface area contributed by atoms with Crippen LogP contribution < -0.4 is 5.32 Å². The van der Waals surface area contributed by atoms with Gasteiger partial charge in [-0.05, 0) is 39.7 Å². The van der Waals surface area contributed by atoms with Gasteiger partial charge in [-0.2, -0.15) is 0 Å². The minimum atomic E-state index is -2.97. The van der Waals surface area contributed by atoms with Crippen molar-refractivity contribution in [3.63, 3.8) is 0 Å². The van der Waals surface area contributed by atoms with E-state index in [9.17, 15) is 8.42 Å². The van der Waals surface area contributed by atoms with Crippen LogP contribution in [0.2, 0.25) is 0 Å². The van der Waals surface area contributed by atoms with Gasteiger partial charge in [-0.1, -0.05) is 6.92 Å². The molecule has 0 aromatic heterocycles. The number of hydrogen-bond donors (Lipinski definition) is 1. The normalized spacial score (nSPS) is 27.2. The lowest BCUT2D eigenvalue weighted by Crippen LogP contribution is -2.31. The van der Waals surface area contributed by atoms with Crippen molar-refractivity contribution in [1.82, 2.24) is 5.32 Å². The van der Waals surface area contributed by atoms with Crippen molar-refractivity contribution in [2.24, 2.45) is 0 Å². The Balaban J connectivity index is 2.34. The van der Waals surface area contributed by atoms with Crippen molar-refractivity contribution in [1.29, 1.82) is 0 Å². The molecule has 3 unspecified atom stereocenters.